The van der Waals surface area contributed by atoms with Gasteiger partial charge in [-0.25, -0.2) is 14.2 Å². The van der Waals surface area contributed by atoms with Crippen LogP contribution < -0.4 is 15.4 Å². The minimum absolute atomic E-state index is 0.0328. The van der Waals surface area contributed by atoms with E-state index in [0.717, 1.165) is 0 Å². The first-order chi connectivity index (χ1) is 11.6. The van der Waals surface area contributed by atoms with Gasteiger partial charge in [0, 0.05) is 19.2 Å². The fraction of sp³-hybridized carbons (Fsp3) is 0.188. The number of carbonyl (C=O) groups excluding carboxylic acids is 2. The van der Waals surface area contributed by atoms with Crippen molar-refractivity contribution in [3.8, 4) is 11.6 Å². The van der Waals surface area contributed by atoms with E-state index in [1.54, 1.807) is 12.1 Å². The maximum Gasteiger partial charge on any atom is 0.322 e. The third-order valence-corrected chi connectivity index (χ3v) is 3.35. The van der Waals surface area contributed by atoms with Gasteiger partial charge in [0.05, 0.1) is 11.9 Å². The molecule has 0 bridgehead atoms. The van der Waals surface area contributed by atoms with E-state index in [-0.39, 0.29) is 24.3 Å². The number of aromatic nitrogens is 1. The number of ether oxygens (including phenoxy) is 1. The van der Waals surface area contributed by atoms with Crippen LogP contribution in [0.25, 0.3) is 0 Å². The van der Waals surface area contributed by atoms with Gasteiger partial charge < -0.3 is 20.3 Å². The molecule has 1 saturated heterocycles. The topological polar surface area (TPSA) is 83.6 Å². The number of hydrogen-bond donors (Lipinski definition) is 2. The number of anilines is 1. The molecule has 0 saturated carbocycles. The van der Waals surface area contributed by atoms with Crippen LogP contribution in [0.15, 0.2) is 42.6 Å². The van der Waals surface area contributed by atoms with Crippen LogP contribution in [-0.4, -0.2) is 41.5 Å². The van der Waals surface area contributed by atoms with Crippen molar-refractivity contribution in [2.24, 2.45) is 0 Å². The Balaban J connectivity index is 1.58. The van der Waals surface area contributed by atoms with Gasteiger partial charge in [0.15, 0.2) is 0 Å². The molecule has 0 spiro atoms. The van der Waals surface area contributed by atoms with Crippen molar-refractivity contribution in [3.05, 3.63) is 48.4 Å². The van der Waals surface area contributed by atoms with Gasteiger partial charge in [-0.1, -0.05) is 0 Å². The monoisotopic (exact) mass is 330 g/mol. The summed E-state index contributed by atoms with van der Waals surface area (Å²) in [4.78, 5) is 28.8. The summed E-state index contributed by atoms with van der Waals surface area (Å²) >= 11 is 0. The SMILES string of the molecule is O=C1CN(C(=O)Nc2ccc(Oc3ccc(F)cc3)nc2)CCN1. The molecule has 8 heteroatoms. The Morgan fingerprint density at radius 3 is 2.71 bits per heavy atom. The number of rotatable bonds is 3. The van der Waals surface area contributed by atoms with Crippen LogP contribution >= 0.6 is 0 Å². The van der Waals surface area contributed by atoms with E-state index in [4.69, 9.17) is 4.74 Å². The highest BCUT2D eigenvalue weighted by Gasteiger charge is 2.21. The molecule has 2 aromatic rings. The Kier molecular flexibility index (Phi) is 4.55. The van der Waals surface area contributed by atoms with E-state index in [9.17, 15) is 14.0 Å². The maximum atomic E-state index is 12.8. The number of amides is 3. The standard InChI is InChI=1S/C16H15FN4O3/c17-11-1-4-13(5-2-11)24-15-6-3-12(9-19-15)20-16(23)21-8-7-18-14(22)10-21/h1-6,9H,7-8,10H2,(H,18,22)(H,20,23). The molecule has 1 aromatic carbocycles. The molecule has 1 aliphatic heterocycles. The predicted octanol–water partition coefficient (Wildman–Crippen LogP) is 1.98. The molecule has 3 amide bonds. The molecule has 2 N–H and O–H groups in total. The summed E-state index contributed by atoms with van der Waals surface area (Å²) in [6.07, 6.45) is 1.45. The van der Waals surface area contributed by atoms with E-state index >= 15 is 0 Å². The number of pyridine rings is 1. The smallest absolute Gasteiger partial charge is 0.322 e. The zero-order chi connectivity index (χ0) is 16.9. The van der Waals surface area contributed by atoms with E-state index in [2.05, 4.69) is 15.6 Å². The Labute approximate surface area is 137 Å². The van der Waals surface area contributed by atoms with Gasteiger partial charge in [-0.2, -0.15) is 0 Å². The Hall–Kier alpha value is -3.16. The molecule has 1 fully saturated rings. The fourth-order valence-electron chi connectivity index (χ4n) is 2.15. The second-order valence-corrected chi connectivity index (χ2v) is 5.14. The lowest BCUT2D eigenvalue weighted by atomic mass is 10.3. The molecule has 1 aliphatic rings. The minimum Gasteiger partial charge on any atom is -0.439 e. The third kappa shape index (κ3) is 3.97. The normalized spacial score (nSPS) is 14.0. The summed E-state index contributed by atoms with van der Waals surface area (Å²) in [6, 6.07) is 8.42. The number of halogens is 1. The lowest BCUT2D eigenvalue weighted by Crippen LogP contribution is -2.51. The number of carbonyl (C=O) groups is 2. The van der Waals surface area contributed by atoms with E-state index in [0.29, 0.717) is 30.4 Å². The van der Waals surface area contributed by atoms with Crippen molar-refractivity contribution in [3.63, 3.8) is 0 Å². The number of benzene rings is 1. The molecule has 24 heavy (non-hydrogen) atoms. The van der Waals surface area contributed by atoms with Gasteiger partial charge in [-0.05, 0) is 30.3 Å². The van der Waals surface area contributed by atoms with Crippen molar-refractivity contribution < 1.29 is 18.7 Å². The van der Waals surface area contributed by atoms with Crippen molar-refractivity contribution in [1.82, 2.24) is 15.2 Å². The lowest BCUT2D eigenvalue weighted by molar-refractivity contribution is -0.123. The molecular formula is C16H15FN4O3. The average Bonchev–Trinajstić information content (AvgIpc) is 2.59. The highest BCUT2D eigenvalue weighted by Crippen LogP contribution is 2.20. The number of nitrogens with zero attached hydrogens (tertiary/aromatic N) is 2. The largest absolute Gasteiger partial charge is 0.439 e. The zero-order valence-corrected chi connectivity index (χ0v) is 12.7. The number of hydrogen-bond acceptors (Lipinski definition) is 4. The first-order valence-electron chi connectivity index (χ1n) is 7.32. The van der Waals surface area contributed by atoms with Crippen molar-refractivity contribution in [2.75, 3.05) is 25.0 Å². The van der Waals surface area contributed by atoms with Gasteiger partial charge in [0.25, 0.3) is 0 Å². The van der Waals surface area contributed by atoms with Gasteiger partial charge in [0.2, 0.25) is 11.8 Å². The van der Waals surface area contributed by atoms with E-state index < -0.39 is 0 Å². The first kappa shape index (κ1) is 15.7. The number of urea groups is 1. The summed E-state index contributed by atoms with van der Waals surface area (Å²) in [5.74, 6) is 0.245. The average molecular weight is 330 g/mol. The summed E-state index contributed by atoms with van der Waals surface area (Å²) in [5.41, 5.74) is 0.484. The molecule has 2 heterocycles. The minimum atomic E-state index is -0.362. The van der Waals surface area contributed by atoms with Gasteiger partial charge in [-0.15, -0.1) is 0 Å². The molecule has 0 radical (unpaired) electrons. The maximum absolute atomic E-state index is 12.8. The van der Waals surface area contributed by atoms with Crippen molar-refractivity contribution >= 4 is 17.6 Å². The summed E-state index contributed by atoms with van der Waals surface area (Å²) in [5, 5.41) is 5.32. The van der Waals surface area contributed by atoms with Crippen molar-refractivity contribution in [2.45, 2.75) is 0 Å². The van der Waals surface area contributed by atoms with Crippen LogP contribution in [-0.2, 0) is 4.79 Å². The summed E-state index contributed by atoms with van der Waals surface area (Å²) in [7, 11) is 0. The highest BCUT2D eigenvalue weighted by molar-refractivity contribution is 5.92. The summed E-state index contributed by atoms with van der Waals surface area (Å²) < 4.78 is 18.3. The predicted molar refractivity (Wildman–Crippen MR) is 84.3 cm³/mol. The molecule has 7 nitrogen and oxygen atoms in total. The van der Waals surface area contributed by atoms with E-state index in [1.165, 1.54) is 35.4 Å². The lowest BCUT2D eigenvalue weighted by Gasteiger charge is -2.26. The fourth-order valence-corrected chi connectivity index (χ4v) is 2.15. The van der Waals surface area contributed by atoms with Crippen LogP contribution in [0.2, 0.25) is 0 Å². The van der Waals surface area contributed by atoms with Crippen LogP contribution in [0, 0.1) is 5.82 Å². The molecule has 0 unspecified atom stereocenters. The van der Waals surface area contributed by atoms with Gasteiger partial charge in [0.1, 0.15) is 18.1 Å². The Bertz CT molecular complexity index is 734. The quantitative estimate of drug-likeness (QED) is 0.901. The van der Waals surface area contributed by atoms with Crippen molar-refractivity contribution in [1.29, 1.82) is 0 Å². The molecule has 1 aromatic heterocycles. The zero-order valence-electron chi connectivity index (χ0n) is 12.7. The molecular weight excluding hydrogens is 315 g/mol. The second-order valence-electron chi connectivity index (χ2n) is 5.14. The number of piperazine rings is 1. The van der Waals surface area contributed by atoms with E-state index in [1.807, 2.05) is 0 Å². The first-order valence-corrected chi connectivity index (χ1v) is 7.32. The van der Waals surface area contributed by atoms with Gasteiger partial charge >= 0.3 is 6.03 Å². The number of nitrogens with one attached hydrogen (secondary N) is 2. The molecule has 0 atom stereocenters. The molecule has 3 rings (SSSR count). The molecule has 0 aliphatic carbocycles. The van der Waals surface area contributed by atoms with Crippen LogP contribution in [0.4, 0.5) is 14.9 Å². The molecule has 124 valence electrons. The summed E-state index contributed by atoms with van der Waals surface area (Å²) in [6.45, 7) is 0.927. The Morgan fingerprint density at radius 1 is 1.25 bits per heavy atom. The van der Waals surface area contributed by atoms with Crippen LogP contribution in [0.1, 0.15) is 0 Å². The van der Waals surface area contributed by atoms with Gasteiger partial charge in [-0.3, -0.25) is 4.79 Å². The van der Waals surface area contributed by atoms with Crippen LogP contribution in [0.5, 0.6) is 11.6 Å². The highest BCUT2D eigenvalue weighted by atomic mass is 19.1. The second kappa shape index (κ2) is 6.95. The third-order valence-electron chi connectivity index (χ3n) is 3.35. The van der Waals surface area contributed by atoms with Crippen LogP contribution in [0.3, 0.4) is 0 Å². The Morgan fingerprint density at radius 2 is 2.04 bits per heavy atom.